The first-order valence-electron chi connectivity index (χ1n) is 5.76. The zero-order valence-electron chi connectivity index (χ0n) is 10.3. The molecule has 0 aliphatic heterocycles. The maximum Gasteiger partial charge on any atom is 0.0519 e. The van der Waals surface area contributed by atoms with Crippen molar-refractivity contribution in [2.75, 3.05) is 11.9 Å². The Kier molecular flexibility index (Phi) is 3.82. The van der Waals surface area contributed by atoms with Gasteiger partial charge >= 0.3 is 0 Å². The Bertz CT molecular complexity index is 446. The van der Waals surface area contributed by atoms with Gasteiger partial charge in [0.2, 0.25) is 0 Å². The smallest absolute Gasteiger partial charge is 0.0519 e. The van der Waals surface area contributed by atoms with Crippen LogP contribution in [0.15, 0.2) is 41.8 Å². The Morgan fingerprint density at radius 2 is 1.94 bits per heavy atom. The summed E-state index contributed by atoms with van der Waals surface area (Å²) in [6, 6.07) is 12.8. The molecule has 2 rings (SSSR count). The van der Waals surface area contributed by atoms with Crippen LogP contribution in [-0.2, 0) is 6.54 Å². The number of nitrogens with zero attached hydrogens (tertiary/aromatic N) is 1. The summed E-state index contributed by atoms with van der Waals surface area (Å²) in [7, 11) is 2.11. The largest absolute Gasteiger partial charge is 0.369 e. The predicted molar refractivity (Wildman–Crippen MR) is 75.5 cm³/mol. The van der Waals surface area contributed by atoms with E-state index in [9.17, 15) is 0 Å². The Hall–Kier alpha value is -1.32. The molecule has 1 atom stereocenters. The van der Waals surface area contributed by atoms with Crippen molar-refractivity contribution in [1.29, 1.82) is 0 Å². The van der Waals surface area contributed by atoms with Crippen LogP contribution in [0.25, 0.3) is 0 Å². The molecule has 2 N–H and O–H groups in total. The molecule has 90 valence electrons. The number of benzene rings is 1. The first-order chi connectivity index (χ1) is 8.16. The molecule has 1 unspecified atom stereocenters. The third-order valence-electron chi connectivity index (χ3n) is 2.83. The van der Waals surface area contributed by atoms with E-state index in [-0.39, 0.29) is 6.04 Å². The van der Waals surface area contributed by atoms with Crippen LogP contribution in [0.1, 0.15) is 23.4 Å². The van der Waals surface area contributed by atoms with Crippen molar-refractivity contribution in [3.63, 3.8) is 0 Å². The van der Waals surface area contributed by atoms with Crippen molar-refractivity contribution in [2.45, 2.75) is 19.5 Å². The lowest BCUT2D eigenvalue weighted by Crippen LogP contribution is -2.15. The molecule has 0 aliphatic carbocycles. The summed E-state index contributed by atoms with van der Waals surface area (Å²) in [5.41, 5.74) is 8.24. The highest BCUT2D eigenvalue weighted by atomic mass is 32.1. The third-order valence-corrected chi connectivity index (χ3v) is 3.69. The van der Waals surface area contributed by atoms with E-state index in [0.29, 0.717) is 0 Å². The van der Waals surface area contributed by atoms with E-state index in [2.05, 4.69) is 53.7 Å². The zero-order chi connectivity index (χ0) is 12.3. The van der Waals surface area contributed by atoms with Gasteiger partial charge in [0.15, 0.2) is 0 Å². The van der Waals surface area contributed by atoms with Gasteiger partial charge in [-0.2, -0.15) is 0 Å². The molecule has 3 heteroatoms. The van der Waals surface area contributed by atoms with Gasteiger partial charge in [0, 0.05) is 23.7 Å². The molecule has 0 fully saturated rings. The highest BCUT2D eigenvalue weighted by Crippen LogP contribution is 2.20. The Balaban J connectivity index is 2.06. The molecule has 1 heterocycles. The standard InChI is InChI=1S/C14H18N2S/c1-11(15)12-5-7-13(8-6-12)16(2)10-14-4-3-9-17-14/h3-9,11H,10,15H2,1-2H3. The lowest BCUT2D eigenvalue weighted by atomic mass is 10.1. The summed E-state index contributed by atoms with van der Waals surface area (Å²) < 4.78 is 0. The van der Waals surface area contributed by atoms with E-state index in [1.54, 1.807) is 11.3 Å². The van der Waals surface area contributed by atoms with Gasteiger partial charge in [0.25, 0.3) is 0 Å². The van der Waals surface area contributed by atoms with E-state index >= 15 is 0 Å². The van der Waals surface area contributed by atoms with Crippen molar-refractivity contribution in [3.05, 3.63) is 52.2 Å². The van der Waals surface area contributed by atoms with Crippen molar-refractivity contribution in [2.24, 2.45) is 5.73 Å². The van der Waals surface area contributed by atoms with Gasteiger partial charge < -0.3 is 10.6 Å². The minimum Gasteiger partial charge on any atom is -0.369 e. The lowest BCUT2D eigenvalue weighted by Gasteiger charge is -2.19. The van der Waals surface area contributed by atoms with Gasteiger partial charge in [0.05, 0.1) is 6.54 Å². The molecule has 2 nitrogen and oxygen atoms in total. The number of thiophene rings is 1. The van der Waals surface area contributed by atoms with E-state index < -0.39 is 0 Å². The SMILES string of the molecule is CC(N)c1ccc(N(C)Cc2cccs2)cc1. The average molecular weight is 246 g/mol. The molecule has 1 aromatic heterocycles. The van der Waals surface area contributed by atoms with Gasteiger partial charge in [-0.1, -0.05) is 18.2 Å². The van der Waals surface area contributed by atoms with Crippen LogP contribution in [0, 0.1) is 0 Å². The number of hydrogen-bond acceptors (Lipinski definition) is 3. The number of nitrogens with two attached hydrogens (primary N) is 1. The summed E-state index contributed by atoms with van der Waals surface area (Å²) >= 11 is 1.79. The highest BCUT2D eigenvalue weighted by Gasteiger charge is 2.04. The molecule has 0 aliphatic rings. The summed E-state index contributed by atoms with van der Waals surface area (Å²) in [4.78, 5) is 3.63. The van der Waals surface area contributed by atoms with Gasteiger partial charge in [-0.15, -0.1) is 11.3 Å². The first-order valence-corrected chi connectivity index (χ1v) is 6.64. The van der Waals surface area contributed by atoms with Crippen molar-refractivity contribution in [1.82, 2.24) is 0 Å². The van der Waals surface area contributed by atoms with Crippen molar-refractivity contribution < 1.29 is 0 Å². The Morgan fingerprint density at radius 1 is 1.24 bits per heavy atom. The van der Waals surface area contributed by atoms with Gasteiger partial charge in [-0.05, 0) is 36.1 Å². The van der Waals surface area contributed by atoms with Crippen LogP contribution >= 0.6 is 11.3 Å². The zero-order valence-corrected chi connectivity index (χ0v) is 11.1. The van der Waals surface area contributed by atoms with Crippen LogP contribution in [0.3, 0.4) is 0 Å². The molecule has 0 spiro atoms. The van der Waals surface area contributed by atoms with E-state index in [0.717, 1.165) is 6.54 Å². The second-order valence-electron chi connectivity index (χ2n) is 4.32. The normalized spacial score (nSPS) is 12.4. The molecular formula is C14H18N2S. The fourth-order valence-corrected chi connectivity index (χ4v) is 2.52. The summed E-state index contributed by atoms with van der Waals surface area (Å²) in [6.07, 6.45) is 0. The second-order valence-corrected chi connectivity index (χ2v) is 5.35. The van der Waals surface area contributed by atoms with E-state index in [1.807, 2.05) is 6.92 Å². The van der Waals surface area contributed by atoms with E-state index in [1.165, 1.54) is 16.1 Å². The highest BCUT2D eigenvalue weighted by molar-refractivity contribution is 7.09. The lowest BCUT2D eigenvalue weighted by molar-refractivity contribution is 0.817. The van der Waals surface area contributed by atoms with Crippen LogP contribution in [0.5, 0.6) is 0 Å². The summed E-state index contributed by atoms with van der Waals surface area (Å²) in [6.45, 7) is 2.96. The maximum absolute atomic E-state index is 5.84. The minimum absolute atomic E-state index is 0.103. The number of rotatable bonds is 4. The molecular weight excluding hydrogens is 228 g/mol. The quantitative estimate of drug-likeness (QED) is 0.896. The monoisotopic (exact) mass is 246 g/mol. The summed E-state index contributed by atoms with van der Waals surface area (Å²) in [5.74, 6) is 0. The molecule has 0 bridgehead atoms. The molecule has 0 amide bonds. The van der Waals surface area contributed by atoms with Gasteiger partial charge in [0.1, 0.15) is 0 Å². The number of anilines is 1. The Labute approximate surface area is 107 Å². The fraction of sp³-hybridized carbons (Fsp3) is 0.286. The summed E-state index contributed by atoms with van der Waals surface area (Å²) in [5, 5.41) is 2.11. The average Bonchev–Trinajstić information content (AvgIpc) is 2.82. The topological polar surface area (TPSA) is 29.3 Å². The molecule has 1 aromatic carbocycles. The second kappa shape index (κ2) is 5.34. The van der Waals surface area contributed by atoms with Gasteiger partial charge in [-0.3, -0.25) is 0 Å². The van der Waals surface area contributed by atoms with Crippen LogP contribution < -0.4 is 10.6 Å². The van der Waals surface area contributed by atoms with Crippen molar-refractivity contribution in [3.8, 4) is 0 Å². The molecule has 2 aromatic rings. The number of hydrogen-bond donors (Lipinski definition) is 1. The Morgan fingerprint density at radius 3 is 2.47 bits per heavy atom. The molecule has 0 saturated heterocycles. The first kappa shape index (κ1) is 12.1. The van der Waals surface area contributed by atoms with Gasteiger partial charge in [-0.25, -0.2) is 0 Å². The van der Waals surface area contributed by atoms with E-state index in [4.69, 9.17) is 5.73 Å². The molecule has 0 saturated carbocycles. The maximum atomic E-state index is 5.84. The van der Waals surface area contributed by atoms with Crippen LogP contribution in [-0.4, -0.2) is 7.05 Å². The third kappa shape index (κ3) is 3.08. The predicted octanol–water partition coefficient (Wildman–Crippen LogP) is 3.40. The fourth-order valence-electron chi connectivity index (χ4n) is 1.76. The molecule has 0 radical (unpaired) electrons. The van der Waals surface area contributed by atoms with Crippen LogP contribution in [0.2, 0.25) is 0 Å². The minimum atomic E-state index is 0.103. The van der Waals surface area contributed by atoms with Crippen molar-refractivity contribution >= 4 is 17.0 Å². The van der Waals surface area contributed by atoms with Crippen LogP contribution in [0.4, 0.5) is 5.69 Å². The molecule has 17 heavy (non-hydrogen) atoms.